The van der Waals surface area contributed by atoms with Crippen LogP contribution in [0.4, 0.5) is 0 Å². The minimum Gasteiger partial charge on any atom is -0.107 e. The van der Waals surface area contributed by atoms with Crippen LogP contribution in [0.3, 0.4) is 0 Å². The van der Waals surface area contributed by atoms with Gasteiger partial charge in [-0.1, -0.05) is 0 Å². The molecule has 0 aliphatic heterocycles. The maximum Gasteiger partial charge on any atom is 0.107 e. The van der Waals surface area contributed by atoms with Crippen molar-refractivity contribution in [2.75, 3.05) is 0 Å². The van der Waals surface area contributed by atoms with Gasteiger partial charge in [0.15, 0.2) is 0 Å². The predicted octanol–water partition coefficient (Wildman–Crippen LogP) is 3.71. The van der Waals surface area contributed by atoms with Gasteiger partial charge in [-0.25, -0.2) is 0 Å². The molecule has 0 N–H and O–H groups in total. The molecule has 0 spiro atoms. The third kappa shape index (κ3) is 23.8. The van der Waals surface area contributed by atoms with Crippen molar-refractivity contribution in [1.29, 1.82) is 3.56 Å². The van der Waals surface area contributed by atoms with Crippen molar-refractivity contribution in [3.05, 3.63) is 0 Å². The Kier molecular flexibility index (Phi) is 48.5. The average Bonchev–Trinajstić information content (AvgIpc) is 2.33. The minimum atomic E-state index is 1.40. The van der Waals surface area contributed by atoms with Crippen LogP contribution in [-0.2, 0) is 0 Å². The summed E-state index contributed by atoms with van der Waals surface area (Å²) in [6, 6.07) is 0. The molecule has 0 nitrogen and oxygen atoms in total. The normalized spacial score (nSPS) is 7.00. The van der Waals surface area contributed by atoms with Crippen LogP contribution in [0.15, 0.2) is 0 Å². The van der Waals surface area contributed by atoms with Gasteiger partial charge in [0.25, 0.3) is 0 Å². The lowest BCUT2D eigenvalue weighted by molar-refractivity contribution is 14.0. The molecule has 6 heavy (non-hydrogen) atoms. The van der Waals surface area contributed by atoms with Crippen LogP contribution >= 0.6 is 143 Å². The lowest BCUT2D eigenvalue weighted by Crippen LogP contribution is 0.885. The Labute approximate surface area is 143 Å². The highest BCUT2D eigenvalue weighted by Crippen LogP contribution is 0.891. The molecule has 0 aromatic carbocycles. The van der Waals surface area contributed by atoms with E-state index >= 15 is 0 Å². The molecule has 0 atom stereocenters. The fourth-order valence-electron chi connectivity index (χ4n) is 0. The summed E-state index contributed by atoms with van der Waals surface area (Å²) < 4.78 is 34.3. The van der Waals surface area contributed by atoms with Crippen molar-refractivity contribution in [3.63, 3.8) is 0 Å². The van der Waals surface area contributed by atoms with Crippen molar-refractivity contribution >= 4 is 143 Å². The average molecular weight is 774 g/mol. The maximum atomic E-state index is 5.72. The zero-order chi connectivity index (χ0) is 12.0. The summed E-state index contributed by atoms with van der Waals surface area (Å²) in [4.78, 5) is 0. The van der Waals surface area contributed by atoms with E-state index in [9.17, 15) is 0 Å². The van der Waals surface area contributed by atoms with E-state index < -0.39 is 0 Å². The molecule has 0 aliphatic carbocycles. The Morgan fingerprint density at radius 1 is 0.500 bits per heavy atom. The second-order valence-electron chi connectivity index (χ2n) is 0. The third-order valence-corrected chi connectivity index (χ3v) is 0. The Hall–Kier alpha value is 4.38. The van der Waals surface area contributed by atoms with Crippen molar-refractivity contribution in [1.82, 2.24) is 0 Å². The molecule has 6 heteroatoms. The molecule has 0 heterocycles. The summed E-state index contributed by atoms with van der Waals surface area (Å²) in [5.41, 5.74) is 0. The Morgan fingerprint density at radius 3 is 0.500 bits per heavy atom. The predicted molar refractivity (Wildman–Crippen MR) is 92.5 cm³/mol. The smallest absolute Gasteiger partial charge is 0.107 e. The van der Waals surface area contributed by atoms with E-state index in [1.54, 1.807) is 0 Å². The topological polar surface area (TPSA) is 0 Å². The van der Waals surface area contributed by atoms with Gasteiger partial charge in [-0.3, -0.25) is 0 Å². The molecule has 0 unspecified atom stereocenters. The molecule has 0 rings (SSSR count). The summed E-state index contributed by atoms with van der Waals surface area (Å²) >= 11 is 8.40. The second-order valence-corrected chi connectivity index (χ2v) is 0. The van der Waals surface area contributed by atoms with Gasteiger partial charge < -0.3 is 0 Å². The highest BCUT2D eigenvalue weighted by molar-refractivity contribution is 14.0. The number of halogens is 6. The Balaban J connectivity index is -0.00000000900. The first-order chi connectivity index (χ1) is 6.00. The van der Waals surface area contributed by atoms with E-state index in [1.165, 1.54) is 143 Å². The second kappa shape index (κ2) is 34.3. The molecular formula is H6I6. The summed E-state index contributed by atoms with van der Waals surface area (Å²) in [5.74, 6) is 0. The molecule has 0 saturated heterocycles. The molecule has 0 radical (unpaired) electrons. The molecule has 0 bridgehead atoms. The van der Waals surface area contributed by atoms with E-state index in [4.69, 9.17) is 3.56 Å². The van der Waals surface area contributed by atoms with Crippen molar-refractivity contribution in [2.45, 2.75) is 0 Å². The molecule has 48 valence electrons. The van der Waals surface area contributed by atoms with Gasteiger partial charge in [0.2, 0.25) is 0 Å². The lowest BCUT2D eigenvalue weighted by atomic mass is 127. The first-order valence-corrected chi connectivity index (χ1v) is 0. The van der Waals surface area contributed by atoms with Gasteiger partial charge >= 0.3 is 0 Å². The monoisotopic (exact) mass is 774 g/mol. The van der Waals surface area contributed by atoms with Crippen LogP contribution < -0.4 is 0 Å². The molecule has 0 aliphatic rings. The number of hydrogen-bond donors (Lipinski definition) is 0. The van der Waals surface area contributed by atoms with Crippen LogP contribution in [-0.4, -0.2) is 3.56 Å². The van der Waals surface area contributed by atoms with Crippen molar-refractivity contribution in [3.8, 4) is 0 Å². The third-order valence-electron chi connectivity index (χ3n) is 0. The highest BCUT2D eigenvalue weighted by Gasteiger charge is -0.102. The molecular weight excluding hydrogens is 761 g/mol. The molecule has 0 aromatic heterocycles. The molecule has 0 saturated carbocycles. The molecule has 0 amide bonds. The SMILES string of the molecule is [2H]I.[2H]I.[2H]I.[2H]I.[2H]I.[2H]I. The lowest BCUT2D eigenvalue weighted by Gasteiger charge is -0.108. The van der Waals surface area contributed by atoms with Gasteiger partial charge in [0.1, 0.15) is 3.56 Å². The number of hydrogen-bond acceptors (Lipinski definition) is 0. The summed E-state index contributed by atoms with van der Waals surface area (Å²) in [6.07, 6.45) is 0. The van der Waals surface area contributed by atoms with E-state index in [2.05, 4.69) is 0 Å². The van der Waals surface area contributed by atoms with Crippen LogP contribution in [0.1, 0.15) is 0 Å². The van der Waals surface area contributed by atoms with Gasteiger partial charge in [-0.05, 0) is 0 Å². The standard InChI is InChI=1S/6HI/h6*1H/i/hD6. The first-order valence-electron chi connectivity index (χ1n) is 2.27. The summed E-state index contributed by atoms with van der Waals surface area (Å²) in [5, 5.41) is 0. The quantitative estimate of drug-likeness (QED) is 0.330. The van der Waals surface area contributed by atoms with Crippen molar-refractivity contribution < 1.29 is 0 Å². The zero-order valence-corrected chi connectivity index (χ0v) is 15.2. The van der Waals surface area contributed by atoms with Crippen molar-refractivity contribution in [2.24, 2.45) is 0 Å². The Morgan fingerprint density at radius 2 is 0.500 bits per heavy atom. The van der Waals surface area contributed by atoms with E-state index in [1.807, 2.05) is 0 Å². The maximum absolute atomic E-state index is 5.72. The highest BCUT2D eigenvalue weighted by atomic mass is 127. The van der Waals surface area contributed by atoms with Gasteiger partial charge in [-0.15, -0.1) is 143 Å². The summed E-state index contributed by atoms with van der Waals surface area (Å²) in [7, 11) is 0. The van der Waals surface area contributed by atoms with Crippen LogP contribution in [0.5, 0.6) is 0 Å². The van der Waals surface area contributed by atoms with Crippen LogP contribution in [0, 0.1) is 0 Å². The molecule has 0 aromatic rings. The Bertz CT molecular complexity index is 12.0. The van der Waals surface area contributed by atoms with Crippen LogP contribution in [0.2, 0.25) is 0 Å². The largest absolute Gasteiger partial charge is 0.107 e. The van der Waals surface area contributed by atoms with Gasteiger partial charge in [0.05, 0.1) is 0 Å². The number of rotatable bonds is 0. The fraction of sp³-hybridized carbons (Fsp3) is 0. The van der Waals surface area contributed by atoms with Gasteiger partial charge in [0, 0.05) is 0 Å². The fourth-order valence-corrected chi connectivity index (χ4v) is 0. The first kappa shape index (κ1) is 8.48. The van der Waals surface area contributed by atoms with E-state index in [0.29, 0.717) is 0 Å². The molecule has 0 fully saturated rings. The minimum absolute atomic E-state index is 1.40. The van der Waals surface area contributed by atoms with Gasteiger partial charge in [-0.2, -0.15) is 0 Å². The van der Waals surface area contributed by atoms with E-state index in [0.717, 1.165) is 0 Å². The summed E-state index contributed by atoms with van der Waals surface area (Å²) in [6.45, 7) is 0. The van der Waals surface area contributed by atoms with Crippen LogP contribution in [0.25, 0.3) is 0 Å². The zero-order valence-electron chi connectivity index (χ0n) is 8.27. The van der Waals surface area contributed by atoms with E-state index in [-0.39, 0.29) is 0 Å².